The Morgan fingerprint density at radius 2 is 2.13 bits per heavy atom. The molecule has 0 saturated heterocycles. The average Bonchev–Trinajstić information content (AvgIpc) is 3.37. The van der Waals surface area contributed by atoms with E-state index in [1.165, 1.54) is 12.1 Å². The van der Waals surface area contributed by atoms with Crippen LogP contribution in [0, 0.1) is 12.7 Å². The third-order valence-electron chi connectivity index (χ3n) is 6.00. The maximum atomic E-state index is 13.9. The van der Waals surface area contributed by atoms with Crippen molar-refractivity contribution in [3.8, 4) is 0 Å². The van der Waals surface area contributed by atoms with E-state index in [2.05, 4.69) is 34.5 Å². The summed E-state index contributed by atoms with van der Waals surface area (Å²) >= 11 is 0. The summed E-state index contributed by atoms with van der Waals surface area (Å²) in [6.07, 6.45) is 3.60. The predicted molar refractivity (Wildman–Crippen MR) is 122 cm³/mol. The van der Waals surface area contributed by atoms with Crippen molar-refractivity contribution in [3.63, 3.8) is 0 Å². The van der Waals surface area contributed by atoms with Crippen molar-refractivity contribution in [3.05, 3.63) is 53.0 Å². The number of ether oxygens (including phenoxy) is 1. The highest BCUT2D eigenvalue weighted by Crippen LogP contribution is 2.32. The van der Waals surface area contributed by atoms with Crippen molar-refractivity contribution in [2.45, 2.75) is 65.3 Å². The van der Waals surface area contributed by atoms with Gasteiger partial charge in [-0.1, -0.05) is 19.6 Å². The van der Waals surface area contributed by atoms with Crippen LogP contribution in [0.15, 0.2) is 24.5 Å². The summed E-state index contributed by atoms with van der Waals surface area (Å²) in [6.45, 7) is 11.4. The minimum atomic E-state index is -1.11. The predicted octanol–water partition coefficient (Wildman–Crippen LogP) is 4.47. The number of hydrogen-bond donors (Lipinski definition) is 1. The number of carbonyl (C=O) groups is 1. The van der Waals surface area contributed by atoms with Crippen molar-refractivity contribution < 1.29 is 13.9 Å². The van der Waals surface area contributed by atoms with Gasteiger partial charge in [0.2, 0.25) is 0 Å². The summed E-state index contributed by atoms with van der Waals surface area (Å²) in [7, 11) is -1.11. The van der Waals surface area contributed by atoms with E-state index in [4.69, 9.17) is 4.74 Å². The largest absolute Gasteiger partial charge is 0.361 e. The first-order valence-electron chi connectivity index (χ1n) is 10.9. The molecule has 3 heterocycles. The molecule has 0 spiro atoms. The zero-order valence-corrected chi connectivity index (χ0v) is 19.8. The molecule has 3 aromatic rings. The van der Waals surface area contributed by atoms with E-state index < -0.39 is 8.07 Å². The molecule has 1 aromatic carbocycles. The molecule has 0 radical (unpaired) electrons. The number of imidazole rings is 1. The zero-order chi connectivity index (χ0) is 22.2. The number of halogens is 1. The zero-order valence-electron chi connectivity index (χ0n) is 18.8. The van der Waals surface area contributed by atoms with Gasteiger partial charge in [-0.25, -0.2) is 9.37 Å². The van der Waals surface area contributed by atoms with Gasteiger partial charge in [-0.15, -0.1) is 0 Å². The molecule has 0 unspecified atom stereocenters. The quantitative estimate of drug-likeness (QED) is 0.413. The van der Waals surface area contributed by atoms with Crippen LogP contribution in [0.25, 0.3) is 10.9 Å². The number of hydrogen-bond acceptors (Lipinski definition) is 3. The van der Waals surface area contributed by atoms with E-state index in [9.17, 15) is 9.18 Å². The lowest BCUT2D eigenvalue weighted by molar-refractivity contribution is 0.0858. The molecule has 31 heavy (non-hydrogen) atoms. The van der Waals surface area contributed by atoms with Gasteiger partial charge in [-0.3, -0.25) is 4.79 Å². The van der Waals surface area contributed by atoms with E-state index >= 15 is 0 Å². The lowest BCUT2D eigenvalue weighted by Crippen LogP contribution is -2.24. The van der Waals surface area contributed by atoms with Crippen molar-refractivity contribution >= 4 is 24.9 Å². The number of nitrogens with zero attached hydrogens (tertiary/aromatic N) is 3. The Morgan fingerprint density at radius 3 is 2.90 bits per heavy atom. The Bertz CT molecular complexity index is 1110. The maximum absolute atomic E-state index is 13.9. The molecule has 8 heteroatoms. The standard InChI is InChI=1S/C23H31FN4O2Si/c1-16-19(26-14-27(16)15-30-10-11-31(2,3)4)13-25-23(29)22-18-12-17(24)7-8-20(18)28-9-5-6-21(22)28/h7-8,12,14H,5-6,9-11,13,15H2,1-4H3,(H,25,29). The van der Waals surface area contributed by atoms with Crippen LogP contribution < -0.4 is 5.32 Å². The first-order valence-corrected chi connectivity index (χ1v) is 14.6. The third kappa shape index (κ3) is 4.60. The molecule has 1 N–H and O–H groups in total. The van der Waals surface area contributed by atoms with Gasteiger partial charge in [0, 0.05) is 43.5 Å². The Balaban J connectivity index is 1.43. The number of nitrogens with one attached hydrogen (secondary N) is 1. The van der Waals surface area contributed by atoms with E-state index in [1.807, 2.05) is 11.5 Å². The van der Waals surface area contributed by atoms with Crippen LogP contribution in [0.4, 0.5) is 4.39 Å². The SMILES string of the molecule is Cc1c(CNC(=O)c2c3n(c4ccc(F)cc24)CCC3)ncn1COCC[Si](C)(C)C. The molecule has 1 amide bonds. The molecular formula is C23H31FN4O2Si. The minimum Gasteiger partial charge on any atom is -0.361 e. The summed E-state index contributed by atoms with van der Waals surface area (Å²) in [4.78, 5) is 17.5. The molecular weight excluding hydrogens is 411 g/mol. The van der Waals surface area contributed by atoms with Crippen LogP contribution >= 0.6 is 0 Å². The van der Waals surface area contributed by atoms with Crippen molar-refractivity contribution in [1.29, 1.82) is 0 Å². The monoisotopic (exact) mass is 442 g/mol. The fourth-order valence-corrected chi connectivity index (χ4v) is 4.89. The van der Waals surface area contributed by atoms with E-state index in [0.717, 1.165) is 54.6 Å². The minimum absolute atomic E-state index is 0.174. The number of amides is 1. The molecule has 166 valence electrons. The van der Waals surface area contributed by atoms with Crippen LogP contribution in [0.3, 0.4) is 0 Å². The highest BCUT2D eigenvalue weighted by atomic mass is 28.3. The molecule has 0 aliphatic carbocycles. The van der Waals surface area contributed by atoms with Gasteiger partial charge in [-0.05, 0) is 44.0 Å². The van der Waals surface area contributed by atoms with Crippen LogP contribution in [0.1, 0.15) is 33.9 Å². The second kappa shape index (κ2) is 8.59. The molecule has 4 rings (SSSR count). The third-order valence-corrected chi connectivity index (χ3v) is 7.70. The summed E-state index contributed by atoms with van der Waals surface area (Å²) in [6, 6.07) is 5.81. The van der Waals surface area contributed by atoms with Gasteiger partial charge in [0.05, 0.1) is 24.1 Å². The summed E-state index contributed by atoms with van der Waals surface area (Å²) < 4.78 is 23.8. The summed E-state index contributed by atoms with van der Waals surface area (Å²) in [5.74, 6) is -0.499. The molecule has 6 nitrogen and oxygen atoms in total. The van der Waals surface area contributed by atoms with Gasteiger partial charge < -0.3 is 19.2 Å². The summed E-state index contributed by atoms with van der Waals surface area (Å²) in [5, 5.41) is 3.68. The van der Waals surface area contributed by atoms with Gasteiger partial charge >= 0.3 is 0 Å². The van der Waals surface area contributed by atoms with Crippen LogP contribution in [0.5, 0.6) is 0 Å². The van der Waals surface area contributed by atoms with Crippen molar-refractivity contribution in [2.24, 2.45) is 0 Å². The molecule has 0 fully saturated rings. The molecule has 2 aromatic heterocycles. The number of aromatic nitrogens is 3. The smallest absolute Gasteiger partial charge is 0.254 e. The second-order valence-corrected chi connectivity index (χ2v) is 15.1. The number of carbonyl (C=O) groups excluding carboxylic acids is 1. The van der Waals surface area contributed by atoms with Gasteiger partial charge in [0.1, 0.15) is 12.5 Å². The maximum Gasteiger partial charge on any atom is 0.254 e. The van der Waals surface area contributed by atoms with Crippen LogP contribution in [-0.4, -0.2) is 34.7 Å². The second-order valence-electron chi connectivity index (χ2n) is 9.52. The Morgan fingerprint density at radius 1 is 1.32 bits per heavy atom. The Kier molecular flexibility index (Phi) is 6.03. The Hall–Kier alpha value is -2.45. The lowest BCUT2D eigenvalue weighted by atomic mass is 10.1. The lowest BCUT2D eigenvalue weighted by Gasteiger charge is -2.15. The molecule has 0 atom stereocenters. The molecule has 1 aliphatic rings. The normalized spacial score (nSPS) is 13.7. The first kappa shape index (κ1) is 21.8. The first-order chi connectivity index (χ1) is 14.7. The molecule has 0 bridgehead atoms. The number of aryl methyl sites for hydroxylation is 1. The molecule has 0 saturated carbocycles. The number of fused-ring (bicyclic) bond motifs is 3. The van der Waals surface area contributed by atoms with Gasteiger partial charge in [0.25, 0.3) is 5.91 Å². The molecule has 1 aliphatic heterocycles. The van der Waals surface area contributed by atoms with Crippen molar-refractivity contribution in [2.75, 3.05) is 6.61 Å². The summed E-state index contributed by atoms with van der Waals surface area (Å²) in [5.41, 5.74) is 4.31. The van der Waals surface area contributed by atoms with Crippen LogP contribution in [-0.2, 0) is 31.0 Å². The highest BCUT2D eigenvalue weighted by molar-refractivity contribution is 6.76. The van der Waals surface area contributed by atoms with Gasteiger partial charge in [0.15, 0.2) is 0 Å². The van der Waals surface area contributed by atoms with Crippen molar-refractivity contribution in [1.82, 2.24) is 19.4 Å². The topological polar surface area (TPSA) is 61.1 Å². The van der Waals surface area contributed by atoms with Crippen LogP contribution in [0.2, 0.25) is 25.7 Å². The fourth-order valence-electron chi connectivity index (χ4n) is 4.14. The average molecular weight is 443 g/mol. The van der Waals surface area contributed by atoms with E-state index in [1.54, 1.807) is 12.4 Å². The van der Waals surface area contributed by atoms with E-state index in [0.29, 0.717) is 24.2 Å². The number of benzene rings is 1. The number of rotatable bonds is 8. The highest BCUT2D eigenvalue weighted by Gasteiger charge is 2.26. The van der Waals surface area contributed by atoms with Gasteiger partial charge in [-0.2, -0.15) is 0 Å². The fraction of sp³-hybridized carbons (Fsp3) is 0.478. The van der Waals surface area contributed by atoms with E-state index in [-0.39, 0.29) is 11.7 Å². The Labute approximate surface area is 183 Å².